The zero-order valence-corrected chi connectivity index (χ0v) is 12.1. The van der Waals surface area contributed by atoms with E-state index >= 15 is 0 Å². The Labute approximate surface area is 127 Å². The Balaban J connectivity index is 1.93. The number of hydrogen-bond donors (Lipinski definition) is 3. The van der Waals surface area contributed by atoms with Crippen LogP contribution in [0.15, 0.2) is 47.6 Å². The fraction of sp³-hybridized carbons (Fsp3) is 0.0667. The van der Waals surface area contributed by atoms with Crippen LogP contribution in [-0.2, 0) is 0 Å². The zero-order chi connectivity index (χ0) is 15.2. The van der Waals surface area contributed by atoms with Gasteiger partial charge in [0.15, 0.2) is 0 Å². The Morgan fingerprint density at radius 1 is 1.24 bits per heavy atom. The highest BCUT2D eigenvalue weighted by atomic mass is 35.5. The smallest absolute Gasteiger partial charge is 0.339 e. The minimum absolute atomic E-state index is 0.175. The molecule has 5 nitrogen and oxygen atoms in total. The van der Waals surface area contributed by atoms with Crippen LogP contribution >= 0.6 is 11.6 Å². The minimum Gasteiger partial charge on any atom is -0.508 e. The average Bonchev–Trinajstić information content (AvgIpc) is 2.46. The van der Waals surface area contributed by atoms with Gasteiger partial charge in [-0.1, -0.05) is 17.7 Å². The molecule has 0 radical (unpaired) electrons. The molecule has 0 aromatic heterocycles. The number of carbonyl (C=O) groups is 1. The number of nitrogens with zero attached hydrogens (tertiary/aromatic N) is 1. The van der Waals surface area contributed by atoms with Crippen molar-refractivity contribution < 1.29 is 9.90 Å². The normalized spacial score (nSPS) is 10.6. The Bertz CT molecular complexity index is 669. The quantitative estimate of drug-likeness (QED) is 0.599. The number of anilines is 1. The van der Waals surface area contributed by atoms with Crippen molar-refractivity contribution in [1.82, 2.24) is 5.43 Å². The number of halogens is 1. The second-order valence-electron chi connectivity index (χ2n) is 4.33. The molecule has 0 atom stereocenters. The Morgan fingerprint density at radius 3 is 2.67 bits per heavy atom. The van der Waals surface area contributed by atoms with Crippen LogP contribution in [0.5, 0.6) is 5.75 Å². The topological polar surface area (TPSA) is 73.7 Å². The van der Waals surface area contributed by atoms with Crippen molar-refractivity contribution in [3.8, 4) is 5.75 Å². The Hall–Kier alpha value is -2.53. The van der Waals surface area contributed by atoms with Crippen molar-refractivity contribution in [1.29, 1.82) is 0 Å². The van der Waals surface area contributed by atoms with E-state index in [9.17, 15) is 4.79 Å². The standard InChI is InChI=1S/C15H14ClN3O2/c1-10-13(16)3-2-4-14(10)18-15(21)19-17-9-11-5-7-12(20)8-6-11/h2-9,20H,1H3,(H2,18,19,21)/b17-9-. The van der Waals surface area contributed by atoms with Crippen molar-refractivity contribution in [2.75, 3.05) is 5.32 Å². The van der Waals surface area contributed by atoms with Crippen molar-refractivity contribution in [3.63, 3.8) is 0 Å². The van der Waals surface area contributed by atoms with Gasteiger partial charge in [0.2, 0.25) is 0 Å². The van der Waals surface area contributed by atoms with E-state index in [4.69, 9.17) is 16.7 Å². The molecule has 0 aliphatic carbocycles. The van der Waals surface area contributed by atoms with Gasteiger partial charge in [-0.3, -0.25) is 0 Å². The first-order valence-electron chi connectivity index (χ1n) is 6.20. The van der Waals surface area contributed by atoms with Crippen LogP contribution in [0, 0.1) is 6.92 Å². The highest BCUT2D eigenvalue weighted by molar-refractivity contribution is 6.31. The van der Waals surface area contributed by atoms with Gasteiger partial charge in [0.1, 0.15) is 5.75 Å². The maximum atomic E-state index is 11.7. The van der Waals surface area contributed by atoms with E-state index in [0.717, 1.165) is 11.1 Å². The molecule has 6 heteroatoms. The van der Waals surface area contributed by atoms with Gasteiger partial charge in [0, 0.05) is 10.7 Å². The molecule has 108 valence electrons. The summed E-state index contributed by atoms with van der Waals surface area (Å²) >= 11 is 5.97. The van der Waals surface area contributed by atoms with Crippen LogP contribution in [0.1, 0.15) is 11.1 Å². The molecule has 0 aliphatic heterocycles. The second-order valence-corrected chi connectivity index (χ2v) is 4.74. The third-order valence-electron chi connectivity index (χ3n) is 2.79. The Kier molecular flexibility index (Phi) is 4.79. The molecule has 0 spiro atoms. The Morgan fingerprint density at radius 2 is 1.95 bits per heavy atom. The van der Waals surface area contributed by atoms with Gasteiger partial charge >= 0.3 is 6.03 Å². The summed E-state index contributed by atoms with van der Waals surface area (Å²) in [5.74, 6) is 0.175. The van der Waals surface area contributed by atoms with Crippen molar-refractivity contribution in [2.24, 2.45) is 5.10 Å². The molecule has 0 saturated heterocycles. The van der Waals surface area contributed by atoms with Crippen molar-refractivity contribution in [2.45, 2.75) is 6.92 Å². The molecule has 0 bridgehead atoms. The van der Waals surface area contributed by atoms with Gasteiger partial charge in [0.05, 0.1) is 6.21 Å². The lowest BCUT2D eigenvalue weighted by Gasteiger charge is -2.08. The fourth-order valence-electron chi connectivity index (χ4n) is 1.62. The number of hydrogen-bond acceptors (Lipinski definition) is 3. The number of phenolic OH excluding ortho intramolecular Hbond substituents is 1. The zero-order valence-electron chi connectivity index (χ0n) is 11.3. The minimum atomic E-state index is -0.463. The number of nitrogens with one attached hydrogen (secondary N) is 2. The van der Waals surface area contributed by atoms with Crippen LogP contribution in [0.4, 0.5) is 10.5 Å². The maximum absolute atomic E-state index is 11.7. The average molecular weight is 304 g/mol. The molecule has 0 saturated carbocycles. The molecule has 2 amide bonds. The number of hydrazone groups is 1. The largest absolute Gasteiger partial charge is 0.508 e. The highest BCUT2D eigenvalue weighted by Gasteiger charge is 2.05. The lowest BCUT2D eigenvalue weighted by molar-refractivity contribution is 0.252. The fourth-order valence-corrected chi connectivity index (χ4v) is 1.79. The van der Waals surface area contributed by atoms with E-state index in [0.29, 0.717) is 10.7 Å². The first-order chi connectivity index (χ1) is 10.1. The van der Waals surface area contributed by atoms with Crippen LogP contribution in [0.2, 0.25) is 5.02 Å². The van der Waals surface area contributed by atoms with E-state index in [1.807, 2.05) is 6.92 Å². The van der Waals surface area contributed by atoms with E-state index < -0.39 is 6.03 Å². The molecule has 2 aromatic rings. The van der Waals surface area contributed by atoms with Gasteiger partial charge in [-0.15, -0.1) is 0 Å². The first-order valence-corrected chi connectivity index (χ1v) is 6.58. The summed E-state index contributed by atoms with van der Waals surface area (Å²) in [4.78, 5) is 11.7. The van der Waals surface area contributed by atoms with Crippen LogP contribution in [0.3, 0.4) is 0 Å². The predicted octanol–water partition coefficient (Wildman–Crippen LogP) is 3.51. The number of benzene rings is 2. The molecule has 0 fully saturated rings. The third kappa shape index (κ3) is 4.22. The molecule has 2 rings (SSSR count). The van der Waals surface area contributed by atoms with E-state index in [2.05, 4.69) is 15.8 Å². The van der Waals surface area contributed by atoms with Crippen LogP contribution in [-0.4, -0.2) is 17.4 Å². The number of carbonyl (C=O) groups excluding carboxylic acids is 1. The molecule has 2 aromatic carbocycles. The lowest BCUT2D eigenvalue weighted by Crippen LogP contribution is -2.24. The van der Waals surface area contributed by atoms with Gasteiger partial charge in [-0.05, 0) is 54.4 Å². The lowest BCUT2D eigenvalue weighted by atomic mass is 10.2. The van der Waals surface area contributed by atoms with Crippen LogP contribution < -0.4 is 10.7 Å². The molecule has 0 aliphatic rings. The highest BCUT2D eigenvalue weighted by Crippen LogP contribution is 2.22. The number of aromatic hydroxyl groups is 1. The molecular formula is C15H14ClN3O2. The molecule has 0 heterocycles. The number of amides is 2. The van der Waals surface area contributed by atoms with E-state index in [1.165, 1.54) is 18.3 Å². The van der Waals surface area contributed by atoms with E-state index in [-0.39, 0.29) is 5.75 Å². The van der Waals surface area contributed by atoms with E-state index in [1.54, 1.807) is 30.3 Å². The monoisotopic (exact) mass is 303 g/mol. The summed E-state index contributed by atoms with van der Waals surface area (Å²) in [7, 11) is 0. The predicted molar refractivity (Wildman–Crippen MR) is 84.0 cm³/mol. The number of urea groups is 1. The third-order valence-corrected chi connectivity index (χ3v) is 3.20. The number of phenols is 1. The summed E-state index contributed by atoms with van der Waals surface area (Å²) in [6.45, 7) is 1.82. The number of rotatable bonds is 3. The summed E-state index contributed by atoms with van der Waals surface area (Å²) in [5.41, 5.74) is 4.52. The summed E-state index contributed by atoms with van der Waals surface area (Å²) in [5, 5.41) is 16.2. The molecular weight excluding hydrogens is 290 g/mol. The second kappa shape index (κ2) is 6.76. The maximum Gasteiger partial charge on any atom is 0.339 e. The molecule has 21 heavy (non-hydrogen) atoms. The van der Waals surface area contributed by atoms with Gasteiger partial charge in [-0.25, -0.2) is 10.2 Å². The van der Waals surface area contributed by atoms with Crippen LogP contribution in [0.25, 0.3) is 0 Å². The van der Waals surface area contributed by atoms with Gasteiger partial charge in [0.25, 0.3) is 0 Å². The SMILES string of the molecule is Cc1c(Cl)cccc1NC(=O)N/N=C\c1ccc(O)cc1. The summed E-state index contributed by atoms with van der Waals surface area (Å²) in [6.07, 6.45) is 1.48. The molecule has 0 unspecified atom stereocenters. The summed E-state index contributed by atoms with van der Waals surface area (Å²) in [6, 6.07) is 11.2. The van der Waals surface area contributed by atoms with Gasteiger partial charge < -0.3 is 10.4 Å². The summed E-state index contributed by atoms with van der Waals surface area (Å²) < 4.78 is 0. The van der Waals surface area contributed by atoms with Crippen molar-refractivity contribution in [3.05, 3.63) is 58.6 Å². The first kappa shape index (κ1) is 14.9. The molecule has 3 N–H and O–H groups in total. The van der Waals surface area contributed by atoms with Gasteiger partial charge in [-0.2, -0.15) is 5.10 Å². The van der Waals surface area contributed by atoms with Crippen molar-refractivity contribution >= 4 is 29.5 Å².